The Hall–Kier alpha value is -1.91. The molecule has 1 aliphatic rings. The Morgan fingerprint density at radius 1 is 1.19 bits per heavy atom. The molecule has 7 nitrogen and oxygen atoms in total. The summed E-state index contributed by atoms with van der Waals surface area (Å²) >= 11 is 0. The van der Waals surface area contributed by atoms with E-state index >= 15 is 0 Å². The average molecular weight is 488 g/mol. The van der Waals surface area contributed by atoms with Crippen LogP contribution in [-0.4, -0.2) is 47.2 Å². The van der Waals surface area contributed by atoms with E-state index in [9.17, 15) is 4.39 Å². The summed E-state index contributed by atoms with van der Waals surface area (Å²) in [5.74, 6) is 1.38. The molecule has 1 aliphatic heterocycles. The van der Waals surface area contributed by atoms with Crippen LogP contribution in [0.15, 0.2) is 33.8 Å². The predicted octanol–water partition coefficient (Wildman–Crippen LogP) is 2.76. The number of hydrogen-bond acceptors (Lipinski definition) is 5. The molecule has 3 rings (SSSR count). The summed E-state index contributed by atoms with van der Waals surface area (Å²) in [7, 11) is 0. The van der Waals surface area contributed by atoms with Crippen LogP contribution in [0, 0.1) is 5.82 Å². The average Bonchev–Trinajstić information content (AvgIpc) is 3.10. The van der Waals surface area contributed by atoms with Gasteiger partial charge in [-0.15, -0.1) is 24.0 Å². The summed E-state index contributed by atoms with van der Waals surface area (Å²) in [6.45, 7) is 9.46. The van der Waals surface area contributed by atoms with Gasteiger partial charge in [-0.25, -0.2) is 9.38 Å². The highest BCUT2D eigenvalue weighted by Gasteiger charge is 2.22. The monoisotopic (exact) mass is 488 g/mol. The zero-order valence-electron chi connectivity index (χ0n) is 15.9. The molecule has 0 bridgehead atoms. The second kappa shape index (κ2) is 8.85. The highest BCUT2D eigenvalue weighted by atomic mass is 127. The van der Waals surface area contributed by atoms with E-state index < -0.39 is 0 Å². The zero-order chi connectivity index (χ0) is 18.7. The van der Waals surface area contributed by atoms with Gasteiger partial charge in [0.2, 0.25) is 5.89 Å². The van der Waals surface area contributed by atoms with Crippen molar-refractivity contribution in [1.29, 1.82) is 0 Å². The fraction of sp³-hybridized carbons (Fsp3) is 0.500. The first kappa shape index (κ1) is 21.4. The largest absolute Gasteiger partial charge is 0.370 e. The van der Waals surface area contributed by atoms with Crippen LogP contribution in [0.25, 0.3) is 0 Å². The van der Waals surface area contributed by atoms with Crippen molar-refractivity contribution >= 4 is 35.6 Å². The van der Waals surface area contributed by atoms with Gasteiger partial charge < -0.3 is 20.1 Å². The van der Waals surface area contributed by atoms with Crippen LogP contribution in [0.3, 0.4) is 0 Å². The second-order valence-electron chi connectivity index (χ2n) is 7.39. The molecule has 0 saturated carbocycles. The Morgan fingerprint density at radius 3 is 2.37 bits per heavy atom. The molecule has 2 heterocycles. The predicted molar refractivity (Wildman–Crippen MR) is 114 cm³/mol. The van der Waals surface area contributed by atoms with Gasteiger partial charge in [-0.1, -0.05) is 25.9 Å². The third-order valence-corrected chi connectivity index (χ3v) is 4.29. The summed E-state index contributed by atoms with van der Waals surface area (Å²) in [5, 5.41) is 3.95. The van der Waals surface area contributed by atoms with E-state index in [1.807, 2.05) is 25.7 Å². The maximum atomic E-state index is 13.0. The molecular formula is C18H26FIN6O. The number of hydrogen-bond donors (Lipinski definition) is 1. The third kappa shape index (κ3) is 5.53. The van der Waals surface area contributed by atoms with E-state index in [1.165, 1.54) is 12.1 Å². The number of nitrogens with zero attached hydrogens (tertiary/aromatic N) is 5. The van der Waals surface area contributed by atoms with Crippen LogP contribution in [0.2, 0.25) is 0 Å². The Morgan fingerprint density at radius 2 is 1.81 bits per heavy atom. The number of aromatic nitrogens is 2. The van der Waals surface area contributed by atoms with Gasteiger partial charge in [-0.2, -0.15) is 4.98 Å². The lowest BCUT2D eigenvalue weighted by Crippen LogP contribution is -2.51. The van der Waals surface area contributed by atoms with Gasteiger partial charge in [0.25, 0.3) is 0 Å². The molecule has 148 valence electrons. The second-order valence-corrected chi connectivity index (χ2v) is 7.39. The molecule has 1 saturated heterocycles. The Balaban J connectivity index is 0.00000261. The molecule has 9 heteroatoms. The molecule has 2 N–H and O–H groups in total. The number of anilines is 1. The lowest BCUT2D eigenvalue weighted by Gasteiger charge is -2.36. The maximum absolute atomic E-state index is 13.0. The summed E-state index contributed by atoms with van der Waals surface area (Å²) < 4.78 is 18.3. The Kier molecular flexibility index (Phi) is 7.01. The highest BCUT2D eigenvalue weighted by molar-refractivity contribution is 14.0. The van der Waals surface area contributed by atoms with E-state index in [0.29, 0.717) is 24.2 Å². The van der Waals surface area contributed by atoms with Gasteiger partial charge in [-0.05, 0) is 24.3 Å². The van der Waals surface area contributed by atoms with Crippen LogP contribution in [0.1, 0.15) is 32.5 Å². The number of rotatable bonds is 3. The standard InChI is InChI=1S/C18H25FN6O.HI/c1-18(2,3)16-22-15(23-26-16)12-21-17(20)25-10-8-24(9-11-25)14-6-4-13(19)5-7-14;/h4-7H,8-12H2,1-3H3,(H2,20,21);1H. The molecule has 0 amide bonds. The first-order valence-corrected chi connectivity index (χ1v) is 8.71. The van der Waals surface area contributed by atoms with E-state index in [0.717, 1.165) is 31.9 Å². The fourth-order valence-electron chi connectivity index (χ4n) is 2.72. The van der Waals surface area contributed by atoms with E-state index in [4.69, 9.17) is 10.3 Å². The van der Waals surface area contributed by atoms with Crippen molar-refractivity contribution in [3.8, 4) is 0 Å². The van der Waals surface area contributed by atoms with Gasteiger partial charge in [0, 0.05) is 37.3 Å². The van der Waals surface area contributed by atoms with Crippen molar-refractivity contribution in [2.75, 3.05) is 31.1 Å². The number of benzene rings is 1. The summed E-state index contributed by atoms with van der Waals surface area (Å²) in [6, 6.07) is 6.56. The van der Waals surface area contributed by atoms with E-state index in [-0.39, 0.29) is 35.2 Å². The summed E-state index contributed by atoms with van der Waals surface area (Å²) in [4.78, 5) is 13.0. The zero-order valence-corrected chi connectivity index (χ0v) is 18.2. The van der Waals surface area contributed by atoms with Crippen LogP contribution in [0.4, 0.5) is 10.1 Å². The number of piperazine rings is 1. The van der Waals surface area contributed by atoms with E-state index in [1.54, 1.807) is 12.1 Å². The van der Waals surface area contributed by atoms with Crippen molar-refractivity contribution in [3.63, 3.8) is 0 Å². The number of guanidine groups is 1. The molecule has 2 aromatic rings. The third-order valence-electron chi connectivity index (χ3n) is 4.29. The molecule has 1 fully saturated rings. The molecular weight excluding hydrogens is 462 g/mol. The van der Waals surface area contributed by atoms with Crippen molar-refractivity contribution in [3.05, 3.63) is 41.8 Å². The van der Waals surface area contributed by atoms with Crippen molar-refractivity contribution in [1.82, 2.24) is 15.0 Å². The molecule has 1 aromatic carbocycles. The molecule has 1 aromatic heterocycles. The van der Waals surface area contributed by atoms with Crippen LogP contribution >= 0.6 is 24.0 Å². The van der Waals surface area contributed by atoms with Crippen molar-refractivity contribution in [2.45, 2.75) is 32.7 Å². The number of aliphatic imine (C=N–C) groups is 1. The molecule has 0 spiro atoms. The molecule has 0 aliphatic carbocycles. The lowest BCUT2D eigenvalue weighted by molar-refractivity contribution is 0.318. The van der Waals surface area contributed by atoms with Crippen LogP contribution < -0.4 is 10.6 Å². The van der Waals surface area contributed by atoms with Crippen LogP contribution in [0.5, 0.6) is 0 Å². The minimum Gasteiger partial charge on any atom is -0.370 e. The minimum absolute atomic E-state index is 0. The molecule has 0 unspecified atom stereocenters. The molecule has 27 heavy (non-hydrogen) atoms. The van der Waals surface area contributed by atoms with Crippen LogP contribution in [-0.2, 0) is 12.0 Å². The normalized spacial score (nSPS) is 15.6. The SMILES string of the molecule is CC(C)(C)c1nc(CN=C(N)N2CCN(c3ccc(F)cc3)CC2)no1.I. The van der Waals surface area contributed by atoms with Crippen molar-refractivity contribution < 1.29 is 8.91 Å². The van der Waals surface area contributed by atoms with Gasteiger partial charge in [0.1, 0.15) is 12.4 Å². The number of nitrogens with two attached hydrogens (primary N) is 1. The van der Waals surface area contributed by atoms with Gasteiger partial charge in [0.05, 0.1) is 0 Å². The summed E-state index contributed by atoms with van der Waals surface area (Å²) in [6.07, 6.45) is 0. The molecule has 0 radical (unpaired) electrons. The lowest BCUT2D eigenvalue weighted by atomic mass is 9.97. The first-order valence-electron chi connectivity index (χ1n) is 8.71. The summed E-state index contributed by atoms with van der Waals surface area (Å²) in [5.41, 5.74) is 6.95. The van der Waals surface area contributed by atoms with Gasteiger partial charge in [-0.3, -0.25) is 0 Å². The van der Waals surface area contributed by atoms with E-state index in [2.05, 4.69) is 20.0 Å². The minimum atomic E-state index is -0.222. The number of halogens is 2. The maximum Gasteiger partial charge on any atom is 0.232 e. The van der Waals surface area contributed by atoms with Gasteiger partial charge in [0.15, 0.2) is 11.8 Å². The molecule has 0 atom stereocenters. The quantitative estimate of drug-likeness (QED) is 0.407. The first-order chi connectivity index (χ1) is 12.3. The Bertz CT molecular complexity index is 763. The topological polar surface area (TPSA) is 83.8 Å². The van der Waals surface area contributed by atoms with Crippen molar-refractivity contribution in [2.24, 2.45) is 10.7 Å². The fourth-order valence-corrected chi connectivity index (χ4v) is 2.72. The highest BCUT2D eigenvalue weighted by Crippen LogP contribution is 2.20. The van der Waals surface area contributed by atoms with Gasteiger partial charge >= 0.3 is 0 Å². The Labute approximate surface area is 175 Å². The smallest absolute Gasteiger partial charge is 0.232 e.